The Kier molecular flexibility index (Phi) is 6.66. The van der Waals surface area contributed by atoms with E-state index in [1.54, 1.807) is 7.11 Å². The number of anilines is 1. The first-order valence-electron chi connectivity index (χ1n) is 9.57. The molecule has 0 unspecified atom stereocenters. The third-order valence-corrected chi connectivity index (χ3v) is 4.99. The lowest BCUT2D eigenvalue weighted by Crippen LogP contribution is -2.49. The zero-order valence-corrected chi connectivity index (χ0v) is 16.5. The summed E-state index contributed by atoms with van der Waals surface area (Å²) in [5.41, 5.74) is 2.77. The smallest absolute Gasteiger partial charge is 0.253 e. The van der Waals surface area contributed by atoms with Crippen LogP contribution in [0, 0.1) is 0 Å². The molecule has 0 bridgehead atoms. The molecular weight excluding hydrogens is 354 g/mol. The lowest BCUT2D eigenvalue weighted by Gasteiger charge is -2.34. The Morgan fingerprint density at radius 3 is 2.18 bits per heavy atom. The molecular formula is C22H27N3O3. The van der Waals surface area contributed by atoms with Crippen molar-refractivity contribution in [3.63, 3.8) is 0 Å². The molecule has 1 fully saturated rings. The summed E-state index contributed by atoms with van der Waals surface area (Å²) in [6, 6.07) is 15.2. The number of nitrogens with one attached hydrogen (secondary N) is 1. The van der Waals surface area contributed by atoms with E-state index in [0.29, 0.717) is 5.56 Å². The van der Waals surface area contributed by atoms with Crippen LogP contribution in [0.2, 0.25) is 0 Å². The molecule has 0 atom stereocenters. The van der Waals surface area contributed by atoms with Crippen molar-refractivity contribution in [1.82, 2.24) is 9.80 Å². The van der Waals surface area contributed by atoms with E-state index in [4.69, 9.17) is 4.74 Å². The van der Waals surface area contributed by atoms with Crippen molar-refractivity contribution in [2.24, 2.45) is 0 Å². The van der Waals surface area contributed by atoms with Gasteiger partial charge in [-0.1, -0.05) is 12.1 Å². The number of amides is 2. The maximum atomic E-state index is 12.6. The van der Waals surface area contributed by atoms with Gasteiger partial charge in [0.1, 0.15) is 5.75 Å². The largest absolute Gasteiger partial charge is 0.497 e. The van der Waals surface area contributed by atoms with E-state index in [1.807, 2.05) is 41.3 Å². The monoisotopic (exact) mass is 381 g/mol. The standard InChI is InChI=1S/C22H27N3O3/c1-17(26)23-20-7-3-18(4-8-20)11-12-24-13-15-25(16-14-24)22(27)19-5-9-21(28-2)10-6-19/h3-10H,11-16H2,1-2H3,(H,23,26). The van der Waals surface area contributed by atoms with Gasteiger partial charge in [-0.2, -0.15) is 0 Å². The fraction of sp³-hybridized carbons (Fsp3) is 0.364. The van der Waals surface area contributed by atoms with Crippen molar-refractivity contribution in [2.45, 2.75) is 13.3 Å². The van der Waals surface area contributed by atoms with Gasteiger partial charge in [-0.25, -0.2) is 0 Å². The molecule has 2 amide bonds. The first-order chi connectivity index (χ1) is 13.5. The number of rotatable bonds is 6. The van der Waals surface area contributed by atoms with Gasteiger partial charge in [0.2, 0.25) is 5.91 Å². The van der Waals surface area contributed by atoms with Gasteiger partial charge in [0.05, 0.1) is 7.11 Å². The average molecular weight is 381 g/mol. The van der Waals surface area contributed by atoms with E-state index >= 15 is 0 Å². The lowest BCUT2D eigenvalue weighted by atomic mass is 10.1. The van der Waals surface area contributed by atoms with Crippen LogP contribution in [0.5, 0.6) is 5.75 Å². The summed E-state index contributed by atoms with van der Waals surface area (Å²) in [5, 5.41) is 2.78. The van der Waals surface area contributed by atoms with Gasteiger partial charge in [-0.15, -0.1) is 0 Å². The van der Waals surface area contributed by atoms with Crippen molar-refractivity contribution in [2.75, 3.05) is 45.2 Å². The molecule has 2 aromatic carbocycles. The van der Waals surface area contributed by atoms with Crippen molar-refractivity contribution in [1.29, 1.82) is 0 Å². The Bertz CT molecular complexity index is 795. The Morgan fingerprint density at radius 1 is 0.964 bits per heavy atom. The molecule has 28 heavy (non-hydrogen) atoms. The third-order valence-electron chi connectivity index (χ3n) is 4.99. The van der Waals surface area contributed by atoms with E-state index in [-0.39, 0.29) is 11.8 Å². The molecule has 1 saturated heterocycles. The molecule has 6 heteroatoms. The Morgan fingerprint density at radius 2 is 1.61 bits per heavy atom. The van der Waals surface area contributed by atoms with Gasteiger partial charge in [-0.3, -0.25) is 14.5 Å². The lowest BCUT2D eigenvalue weighted by molar-refractivity contribution is -0.114. The molecule has 148 valence electrons. The number of methoxy groups -OCH3 is 1. The van der Waals surface area contributed by atoms with Gasteiger partial charge in [-0.05, 0) is 48.4 Å². The average Bonchev–Trinajstić information content (AvgIpc) is 2.73. The maximum Gasteiger partial charge on any atom is 0.253 e. The zero-order valence-electron chi connectivity index (χ0n) is 16.5. The van der Waals surface area contributed by atoms with Crippen molar-refractivity contribution in [3.8, 4) is 5.75 Å². The van der Waals surface area contributed by atoms with Crippen LogP contribution in [-0.4, -0.2) is 61.4 Å². The first kappa shape index (κ1) is 19.9. The second-order valence-corrected chi connectivity index (χ2v) is 6.99. The molecule has 0 radical (unpaired) electrons. The highest BCUT2D eigenvalue weighted by atomic mass is 16.5. The van der Waals surface area contributed by atoms with Gasteiger partial charge in [0, 0.05) is 50.9 Å². The van der Waals surface area contributed by atoms with E-state index in [2.05, 4.69) is 22.3 Å². The SMILES string of the molecule is COc1ccc(C(=O)N2CCN(CCc3ccc(NC(C)=O)cc3)CC2)cc1. The summed E-state index contributed by atoms with van der Waals surface area (Å²) in [7, 11) is 1.62. The molecule has 0 spiro atoms. The topological polar surface area (TPSA) is 61.9 Å². The second-order valence-electron chi connectivity index (χ2n) is 6.99. The molecule has 1 aliphatic rings. The molecule has 1 aliphatic heterocycles. The highest BCUT2D eigenvalue weighted by molar-refractivity contribution is 5.94. The number of hydrogen-bond acceptors (Lipinski definition) is 4. The van der Waals surface area contributed by atoms with Gasteiger partial charge >= 0.3 is 0 Å². The van der Waals surface area contributed by atoms with Crippen LogP contribution in [0.4, 0.5) is 5.69 Å². The van der Waals surface area contributed by atoms with Crippen LogP contribution in [0.3, 0.4) is 0 Å². The summed E-state index contributed by atoms with van der Waals surface area (Å²) >= 11 is 0. The quantitative estimate of drug-likeness (QED) is 0.836. The van der Waals surface area contributed by atoms with E-state index in [9.17, 15) is 9.59 Å². The molecule has 6 nitrogen and oxygen atoms in total. The molecule has 1 heterocycles. The van der Waals surface area contributed by atoms with Gasteiger partial charge in [0.25, 0.3) is 5.91 Å². The zero-order chi connectivity index (χ0) is 19.9. The minimum absolute atomic E-state index is 0.0604. The summed E-state index contributed by atoms with van der Waals surface area (Å²) < 4.78 is 5.15. The normalized spacial score (nSPS) is 14.6. The molecule has 0 aliphatic carbocycles. The molecule has 1 N–H and O–H groups in total. The number of carbonyl (C=O) groups excluding carboxylic acids is 2. The number of nitrogens with zero attached hydrogens (tertiary/aromatic N) is 2. The van der Waals surface area contributed by atoms with Crippen LogP contribution >= 0.6 is 0 Å². The molecule has 0 aromatic heterocycles. The first-order valence-corrected chi connectivity index (χ1v) is 9.57. The van der Waals surface area contributed by atoms with E-state index < -0.39 is 0 Å². The van der Waals surface area contributed by atoms with Crippen molar-refractivity contribution in [3.05, 3.63) is 59.7 Å². The Hall–Kier alpha value is -2.86. The molecule has 2 aromatic rings. The highest BCUT2D eigenvalue weighted by Crippen LogP contribution is 2.15. The summed E-state index contributed by atoms with van der Waals surface area (Å²) in [6.45, 7) is 5.72. The van der Waals surface area contributed by atoms with Crippen molar-refractivity contribution >= 4 is 17.5 Å². The maximum absolute atomic E-state index is 12.6. The predicted molar refractivity (Wildman–Crippen MR) is 110 cm³/mol. The van der Waals surface area contributed by atoms with Crippen LogP contribution in [0.25, 0.3) is 0 Å². The fourth-order valence-corrected chi connectivity index (χ4v) is 3.34. The predicted octanol–water partition coefficient (Wildman–Crippen LogP) is 2.65. The van der Waals surface area contributed by atoms with Crippen LogP contribution in [-0.2, 0) is 11.2 Å². The summed E-state index contributed by atoms with van der Waals surface area (Å²) in [5.74, 6) is 0.775. The number of ether oxygens (including phenoxy) is 1. The number of hydrogen-bond donors (Lipinski definition) is 1. The van der Waals surface area contributed by atoms with Gasteiger partial charge < -0.3 is 15.0 Å². The Labute approximate surface area is 166 Å². The fourth-order valence-electron chi connectivity index (χ4n) is 3.34. The minimum Gasteiger partial charge on any atom is -0.497 e. The minimum atomic E-state index is -0.0604. The summed E-state index contributed by atoms with van der Waals surface area (Å²) in [6.07, 6.45) is 0.951. The van der Waals surface area contributed by atoms with E-state index in [1.165, 1.54) is 12.5 Å². The van der Waals surface area contributed by atoms with Crippen LogP contribution < -0.4 is 10.1 Å². The third kappa shape index (κ3) is 5.33. The second kappa shape index (κ2) is 9.37. The number of piperazine rings is 1. The molecule has 0 saturated carbocycles. The Balaban J connectivity index is 1.44. The van der Waals surface area contributed by atoms with Crippen molar-refractivity contribution < 1.29 is 14.3 Å². The van der Waals surface area contributed by atoms with Crippen LogP contribution in [0.15, 0.2) is 48.5 Å². The van der Waals surface area contributed by atoms with Gasteiger partial charge in [0.15, 0.2) is 0 Å². The summed E-state index contributed by atoms with van der Waals surface area (Å²) in [4.78, 5) is 28.0. The number of benzene rings is 2. The van der Waals surface area contributed by atoms with E-state index in [0.717, 1.165) is 50.6 Å². The van der Waals surface area contributed by atoms with Crippen LogP contribution in [0.1, 0.15) is 22.8 Å². The highest BCUT2D eigenvalue weighted by Gasteiger charge is 2.21. The molecule has 3 rings (SSSR count). The number of carbonyl (C=O) groups is 2.